The van der Waals surface area contributed by atoms with Gasteiger partial charge in [0, 0.05) is 2.85 Å². The number of rotatable bonds is 2. The van der Waals surface area contributed by atoms with Gasteiger partial charge in [-0.3, -0.25) is 4.79 Å². The highest BCUT2D eigenvalue weighted by molar-refractivity contribution is 5.82. The average molecular weight is 154 g/mol. The van der Waals surface area contributed by atoms with E-state index in [-0.39, 0.29) is 8.76 Å². The van der Waals surface area contributed by atoms with E-state index >= 15 is 0 Å². The van der Waals surface area contributed by atoms with E-state index in [0.717, 1.165) is 5.70 Å². The normalized spacial score (nSPS) is 16.9. The van der Waals surface area contributed by atoms with Crippen molar-refractivity contribution in [3.63, 3.8) is 0 Å². The molecule has 62 valence electrons. The average Bonchev–Trinajstić information content (AvgIpc) is 2.04. The van der Waals surface area contributed by atoms with E-state index in [2.05, 4.69) is 23.8 Å². The summed E-state index contributed by atoms with van der Waals surface area (Å²) in [5.41, 5.74) is 1.51. The topological polar surface area (TPSA) is 41.1 Å². The first-order valence-corrected chi connectivity index (χ1v) is 3.31. The third kappa shape index (κ3) is 1.49. The Morgan fingerprint density at radius 2 is 2.00 bits per heavy atom. The highest BCUT2D eigenvalue weighted by atomic mass is 16.2. The molecular formula is C8H14N2O. The third-order valence-electron chi connectivity index (χ3n) is 1.41. The molecule has 0 saturated carbocycles. The SMILES string of the molecule is C=CC1=C(C=C)NC(=O)CN1.[HH].[HH]. The minimum Gasteiger partial charge on any atom is -0.374 e. The fourth-order valence-electron chi connectivity index (χ4n) is 0.876. The predicted octanol–water partition coefficient (Wildman–Crippen LogP) is 0.781. The molecule has 0 aliphatic carbocycles. The first kappa shape index (κ1) is 7.60. The second-order valence-electron chi connectivity index (χ2n) is 2.14. The van der Waals surface area contributed by atoms with Crippen molar-refractivity contribution in [3.05, 3.63) is 36.7 Å². The Labute approximate surface area is 68.5 Å². The number of nitrogens with one attached hydrogen (secondary N) is 2. The van der Waals surface area contributed by atoms with Gasteiger partial charge in [0.1, 0.15) is 0 Å². The van der Waals surface area contributed by atoms with Crippen molar-refractivity contribution in [1.29, 1.82) is 0 Å². The fraction of sp³-hybridized carbons (Fsp3) is 0.125. The molecule has 3 heteroatoms. The number of amides is 1. The van der Waals surface area contributed by atoms with Crippen LogP contribution < -0.4 is 10.6 Å². The maximum Gasteiger partial charge on any atom is 0.243 e. The highest BCUT2D eigenvalue weighted by Crippen LogP contribution is 2.03. The summed E-state index contributed by atoms with van der Waals surface area (Å²) in [6, 6.07) is 0. The third-order valence-corrected chi connectivity index (χ3v) is 1.41. The second-order valence-corrected chi connectivity index (χ2v) is 2.14. The van der Waals surface area contributed by atoms with Crippen LogP contribution in [0, 0.1) is 0 Å². The van der Waals surface area contributed by atoms with Gasteiger partial charge < -0.3 is 10.6 Å². The lowest BCUT2D eigenvalue weighted by Crippen LogP contribution is -2.39. The van der Waals surface area contributed by atoms with Gasteiger partial charge in [-0.2, -0.15) is 0 Å². The molecule has 0 saturated heterocycles. The van der Waals surface area contributed by atoms with E-state index in [4.69, 9.17) is 0 Å². The molecule has 0 spiro atoms. The minimum absolute atomic E-state index is 0. The van der Waals surface area contributed by atoms with Crippen molar-refractivity contribution < 1.29 is 7.65 Å². The van der Waals surface area contributed by atoms with Crippen LogP contribution in [0.1, 0.15) is 2.85 Å². The van der Waals surface area contributed by atoms with Crippen LogP contribution in [0.15, 0.2) is 36.7 Å². The summed E-state index contributed by atoms with van der Waals surface area (Å²) in [6.07, 6.45) is 3.23. The van der Waals surface area contributed by atoms with Gasteiger partial charge in [0.25, 0.3) is 0 Å². The zero-order valence-electron chi connectivity index (χ0n) is 6.18. The quantitative estimate of drug-likeness (QED) is 0.617. The van der Waals surface area contributed by atoms with E-state index in [1.54, 1.807) is 12.2 Å². The summed E-state index contributed by atoms with van der Waals surface area (Å²) in [5.74, 6) is -0.0505. The van der Waals surface area contributed by atoms with Crippen molar-refractivity contribution >= 4 is 5.91 Å². The summed E-state index contributed by atoms with van der Waals surface area (Å²) in [5, 5.41) is 5.55. The van der Waals surface area contributed by atoms with Crippen molar-refractivity contribution in [2.75, 3.05) is 6.54 Å². The summed E-state index contributed by atoms with van der Waals surface area (Å²) >= 11 is 0. The zero-order valence-corrected chi connectivity index (χ0v) is 6.18. The first-order valence-electron chi connectivity index (χ1n) is 3.31. The Morgan fingerprint density at radius 3 is 2.55 bits per heavy atom. The Balaban J connectivity index is 0. The van der Waals surface area contributed by atoms with E-state index in [1.165, 1.54) is 0 Å². The molecule has 0 unspecified atom stereocenters. The molecule has 0 aromatic heterocycles. The number of allylic oxidation sites excluding steroid dienone is 2. The van der Waals surface area contributed by atoms with Crippen molar-refractivity contribution in [2.45, 2.75) is 0 Å². The molecule has 2 N–H and O–H groups in total. The van der Waals surface area contributed by atoms with Gasteiger partial charge in [0.2, 0.25) is 5.91 Å². The standard InChI is InChI=1S/C8H10N2O.2H2/c1-3-6-7(4-2)10-8(11)5-9-6;;/h3-4,9H,1-2,5H2,(H,10,11);2*1H. The van der Waals surface area contributed by atoms with Gasteiger partial charge >= 0.3 is 0 Å². The smallest absolute Gasteiger partial charge is 0.243 e. The summed E-state index contributed by atoms with van der Waals surface area (Å²) in [4.78, 5) is 10.8. The van der Waals surface area contributed by atoms with Crippen LogP contribution in [-0.4, -0.2) is 12.5 Å². The molecule has 3 nitrogen and oxygen atoms in total. The molecule has 1 aliphatic heterocycles. The van der Waals surface area contributed by atoms with Gasteiger partial charge in [-0.1, -0.05) is 13.2 Å². The lowest BCUT2D eigenvalue weighted by Gasteiger charge is -2.17. The Morgan fingerprint density at radius 1 is 1.36 bits per heavy atom. The molecule has 1 amide bonds. The lowest BCUT2D eigenvalue weighted by molar-refractivity contribution is -0.119. The van der Waals surface area contributed by atoms with Gasteiger partial charge in [-0.15, -0.1) is 0 Å². The lowest BCUT2D eigenvalue weighted by atomic mass is 10.2. The largest absolute Gasteiger partial charge is 0.374 e. The molecule has 0 aromatic carbocycles. The number of carbonyl (C=O) groups is 1. The van der Waals surface area contributed by atoms with Crippen LogP contribution >= 0.6 is 0 Å². The zero-order chi connectivity index (χ0) is 8.27. The summed E-state index contributed by atoms with van der Waals surface area (Å²) in [6.45, 7) is 7.45. The van der Waals surface area contributed by atoms with Crippen LogP contribution in [0.3, 0.4) is 0 Å². The molecule has 0 bridgehead atoms. The molecule has 11 heavy (non-hydrogen) atoms. The van der Waals surface area contributed by atoms with Gasteiger partial charge in [0.15, 0.2) is 0 Å². The number of hydrogen-bond donors (Lipinski definition) is 2. The van der Waals surface area contributed by atoms with E-state index in [1.807, 2.05) is 0 Å². The highest BCUT2D eigenvalue weighted by Gasteiger charge is 2.11. The summed E-state index contributed by atoms with van der Waals surface area (Å²) in [7, 11) is 0. The molecule has 1 aliphatic rings. The van der Waals surface area contributed by atoms with Crippen molar-refractivity contribution in [3.8, 4) is 0 Å². The molecule has 1 rings (SSSR count). The predicted molar refractivity (Wildman–Crippen MR) is 47.8 cm³/mol. The molecule has 0 atom stereocenters. The molecule has 0 radical (unpaired) electrons. The van der Waals surface area contributed by atoms with E-state index in [9.17, 15) is 4.79 Å². The maximum absolute atomic E-state index is 10.8. The molecule has 0 fully saturated rings. The van der Waals surface area contributed by atoms with E-state index < -0.39 is 0 Å². The van der Waals surface area contributed by atoms with Crippen molar-refractivity contribution in [2.24, 2.45) is 0 Å². The van der Waals surface area contributed by atoms with Gasteiger partial charge in [-0.25, -0.2) is 0 Å². The van der Waals surface area contributed by atoms with E-state index in [0.29, 0.717) is 12.2 Å². The fourth-order valence-corrected chi connectivity index (χ4v) is 0.876. The molecule has 0 aromatic rings. The monoisotopic (exact) mass is 154 g/mol. The van der Waals surface area contributed by atoms with Crippen LogP contribution in [-0.2, 0) is 4.79 Å². The minimum atomic E-state index is -0.0505. The number of hydrogen-bond acceptors (Lipinski definition) is 2. The van der Waals surface area contributed by atoms with Crippen LogP contribution in [0.2, 0.25) is 0 Å². The Bertz CT molecular complexity index is 249. The Kier molecular flexibility index (Phi) is 2.11. The van der Waals surface area contributed by atoms with Crippen LogP contribution in [0.4, 0.5) is 0 Å². The van der Waals surface area contributed by atoms with Gasteiger partial charge in [-0.05, 0) is 12.2 Å². The van der Waals surface area contributed by atoms with Crippen molar-refractivity contribution in [1.82, 2.24) is 10.6 Å². The van der Waals surface area contributed by atoms with Crippen LogP contribution in [0.25, 0.3) is 0 Å². The molecular weight excluding hydrogens is 140 g/mol. The second kappa shape index (κ2) is 3.05. The first-order chi connectivity index (χ1) is 5.27. The van der Waals surface area contributed by atoms with Crippen LogP contribution in [0.5, 0.6) is 0 Å². The summed E-state index contributed by atoms with van der Waals surface area (Å²) < 4.78 is 0. The maximum atomic E-state index is 10.8. The number of carbonyl (C=O) groups excluding carboxylic acids is 1. The Hall–Kier alpha value is -1.51. The molecule has 1 heterocycles. The van der Waals surface area contributed by atoms with Gasteiger partial charge in [0.05, 0.1) is 17.9 Å².